The van der Waals surface area contributed by atoms with Crippen LogP contribution >= 0.6 is 0 Å². The molecule has 3 aromatic heterocycles. The third kappa shape index (κ3) is 3.12. The summed E-state index contributed by atoms with van der Waals surface area (Å²) in [6, 6.07) is 2.40. The van der Waals surface area contributed by atoms with Gasteiger partial charge in [0.1, 0.15) is 17.8 Å². The van der Waals surface area contributed by atoms with Gasteiger partial charge in [0, 0.05) is 57.2 Å². The van der Waals surface area contributed by atoms with E-state index in [4.69, 9.17) is 0 Å². The SMILES string of the molecule is O=C1CC[C@@H]2CN(c3ncnc4[nH]ccc34)CC[C@@H]2N1CCCn1ccnc1. The number of rotatable bonds is 5. The van der Waals surface area contributed by atoms with E-state index in [1.807, 2.05) is 24.8 Å². The summed E-state index contributed by atoms with van der Waals surface area (Å²) >= 11 is 0. The first-order chi connectivity index (χ1) is 13.8. The number of piperidine rings is 2. The van der Waals surface area contributed by atoms with Gasteiger partial charge in [0.2, 0.25) is 5.91 Å². The number of carbonyl (C=O) groups is 1. The average molecular weight is 379 g/mol. The van der Waals surface area contributed by atoms with Gasteiger partial charge < -0.3 is 19.4 Å². The third-order valence-electron chi connectivity index (χ3n) is 6.15. The van der Waals surface area contributed by atoms with Crippen LogP contribution in [0.2, 0.25) is 0 Å². The second-order valence-corrected chi connectivity index (χ2v) is 7.78. The summed E-state index contributed by atoms with van der Waals surface area (Å²) in [5.41, 5.74) is 0.882. The molecule has 146 valence electrons. The fourth-order valence-corrected chi connectivity index (χ4v) is 4.79. The number of nitrogens with zero attached hydrogens (tertiary/aromatic N) is 6. The topological polar surface area (TPSA) is 82.9 Å². The van der Waals surface area contributed by atoms with Gasteiger partial charge in [0.25, 0.3) is 0 Å². The Kier molecular flexibility index (Phi) is 4.46. The smallest absolute Gasteiger partial charge is 0.222 e. The molecule has 28 heavy (non-hydrogen) atoms. The molecule has 2 saturated heterocycles. The van der Waals surface area contributed by atoms with Crippen LogP contribution in [0.3, 0.4) is 0 Å². The van der Waals surface area contributed by atoms with Crippen LogP contribution < -0.4 is 4.90 Å². The quantitative estimate of drug-likeness (QED) is 0.734. The molecule has 0 aromatic carbocycles. The number of aryl methyl sites for hydroxylation is 1. The minimum atomic E-state index is 0.315. The third-order valence-corrected chi connectivity index (χ3v) is 6.15. The maximum atomic E-state index is 12.6. The number of carbonyl (C=O) groups excluding carboxylic acids is 1. The zero-order valence-corrected chi connectivity index (χ0v) is 15.9. The largest absolute Gasteiger partial charge is 0.356 e. The lowest BCUT2D eigenvalue weighted by molar-refractivity contribution is -0.139. The molecule has 0 bridgehead atoms. The molecule has 5 rings (SSSR count). The number of hydrogen-bond acceptors (Lipinski definition) is 5. The van der Waals surface area contributed by atoms with Gasteiger partial charge in [-0.1, -0.05) is 0 Å². The number of aromatic amines is 1. The minimum Gasteiger partial charge on any atom is -0.356 e. The van der Waals surface area contributed by atoms with E-state index < -0.39 is 0 Å². The molecule has 5 heterocycles. The molecule has 0 radical (unpaired) electrons. The maximum Gasteiger partial charge on any atom is 0.222 e. The standard InChI is InChI=1S/C20H25N7O/c28-18-3-2-15-12-26(20-16-4-6-22-19(16)23-13-24-20)10-5-17(15)27(18)9-1-8-25-11-7-21-14-25/h4,6-7,11,13-15,17H,1-3,5,8-10,12H2,(H,22,23,24)/t15-,17+/m1/s1. The predicted octanol–water partition coefficient (Wildman–Crippen LogP) is 2.06. The average Bonchev–Trinajstić information content (AvgIpc) is 3.40. The number of aromatic nitrogens is 5. The minimum absolute atomic E-state index is 0.315. The number of nitrogens with one attached hydrogen (secondary N) is 1. The van der Waals surface area contributed by atoms with Crippen molar-refractivity contribution in [1.29, 1.82) is 0 Å². The summed E-state index contributed by atoms with van der Waals surface area (Å²) in [6.07, 6.45) is 12.7. The van der Waals surface area contributed by atoms with Crippen molar-refractivity contribution >= 4 is 22.8 Å². The van der Waals surface area contributed by atoms with Gasteiger partial charge in [0.05, 0.1) is 11.7 Å². The summed E-state index contributed by atoms with van der Waals surface area (Å²) in [5.74, 6) is 1.83. The molecular formula is C20H25N7O. The van der Waals surface area contributed by atoms with Crippen molar-refractivity contribution in [1.82, 2.24) is 29.4 Å². The van der Waals surface area contributed by atoms with Crippen molar-refractivity contribution in [2.45, 2.75) is 38.3 Å². The Balaban J connectivity index is 1.27. The van der Waals surface area contributed by atoms with Crippen LogP contribution in [-0.2, 0) is 11.3 Å². The van der Waals surface area contributed by atoms with E-state index in [1.54, 1.807) is 12.5 Å². The first-order valence-electron chi connectivity index (χ1n) is 10.1. The monoisotopic (exact) mass is 379 g/mol. The second-order valence-electron chi connectivity index (χ2n) is 7.78. The van der Waals surface area contributed by atoms with E-state index in [0.717, 1.165) is 62.3 Å². The van der Waals surface area contributed by atoms with Crippen molar-refractivity contribution in [3.05, 3.63) is 37.3 Å². The maximum absolute atomic E-state index is 12.6. The zero-order chi connectivity index (χ0) is 18.9. The highest BCUT2D eigenvalue weighted by Crippen LogP contribution is 2.34. The summed E-state index contributed by atoms with van der Waals surface area (Å²) in [5, 5.41) is 1.07. The van der Waals surface area contributed by atoms with Crippen LogP contribution in [0.1, 0.15) is 25.7 Å². The number of fused-ring (bicyclic) bond motifs is 2. The molecule has 2 fully saturated rings. The Morgan fingerprint density at radius 2 is 2.18 bits per heavy atom. The molecule has 0 spiro atoms. The number of imidazole rings is 1. The highest BCUT2D eigenvalue weighted by Gasteiger charge is 2.39. The van der Waals surface area contributed by atoms with Gasteiger partial charge in [-0.05, 0) is 31.2 Å². The van der Waals surface area contributed by atoms with Crippen LogP contribution in [0.25, 0.3) is 11.0 Å². The lowest BCUT2D eigenvalue weighted by atomic mass is 9.83. The zero-order valence-electron chi connectivity index (χ0n) is 15.9. The van der Waals surface area contributed by atoms with Gasteiger partial charge in [0.15, 0.2) is 0 Å². The van der Waals surface area contributed by atoms with Gasteiger partial charge in [-0.25, -0.2) is 15.0 Å². The van der Waals surface area contributed by atoms with Crippen LogP contribution in [0, 0.1) is 5.92 Å². The molecule has 8 nitrogen and oxygen atoms in total. The van der Waals surface area contributed by atoms with E-state index in [9.17, 15) is 4.79 Å². The van der Waals surface area contributed by atoms with Crippen molar-refractivity contribution in [2.75, 3.05) is 24.5 Å². The number of H-pyrrole nitrogens is 1. The van der Waals surface area contributed by atoms with Crippen molar-refractivity contribution in [3.63, 3.8) is 0 Å². The molecule has 2 atom stereocenters. The van der Waals surface area contributed by atoms with Gasteiger partial charge in [-0.2, -0.15) is 0 Å². The second kappa shape index (κ2) is 7.26. The molecule has 8 heteroatoms. The Morgan fingerprint density at radius 1 is 1.21 bits per heavy atom. The summed E-state index contributed by atoms with van der Waals surface area (Å²) in [7, 11) is 0. The van der Waals surface area contributed by atoms with E-state index in [1.165, 1.54) is 0 Å². The molecule has 0 unspecified atom stereocenters. The van der Waals surface area contributed by atoms with E-state index >= 15 is 0 Å². The first-order valence-corrected chi connectivity index (χ1v) is 10.1. The van der Waals surface area contributed by atoms with E-state index in [0.29, 0.717) is 24.3 Å². The van der Waals surface area contributed by atoms with Crippen molar-refractivity contribution in [3.8, 4) is 0 Å². The number of anilines is 1. The molecular weight excluding hydrogens is 354 g/mol. The number of hydrogen-bond donors (Lipinski definition) is 1. The van der Waals surface area contributed by atoms with E-state index in [2.05, 4.69) is 34.3 Å². The lowest BCUT2D eigenvalue weighted by Gasteiger charge is -2.47. The molecule has 0 saturated carbocycles. The summed E-state index contributed by atoms with van der Waals surface area (Å²) < 4.78 is 2.08. The van der Waals surface area contributed by atoms with Gasteiger partial charge >= 0.3 is 0 Å². The predicted molar refractivity (Wildman–Crippen MR) is 106 cm³/mol. The Labute approximate surface area is 163 Å². The van der Waals surface area contributed by atoms with E-state index in [-0.39, 0.29) is 0 Å². The summed E-state index contributed by atoms with van der Waals surface area (Å²) in [6.45, 7) is 3.60. The first kappa shape index (κ1) is 17.2. The van der Waals surface area contributed by atoms with Crippen LogP contribution in [0.4, 0.5) is 5.82 Å². The molecule has 1 amide bonds. The number of amides is 1. The van der Waals surface area contributed by atoms with Crippen LogP contribution in [0.5, 0.6) is 0 Å². The fraction of sp³-hybridized carbons (Fsp3) is 0.500. The molecule has 3 aromatic rings. The van der Waals surface area contributed by atoms with Crippen LogP contribution in [0.15, 0.2) is 37.3 Å². The Bertz CT molecular complexity index is 951. The molecule has 2 aliphatic heterocycles. The molecule has 1 N–H and O–H groups in total. The molecule has 0 aliphatic carbocycles. The van der Waals surface area contributed by atoms with Gasteiger partial charge in [-0.15, -0.1) is 0 Å². The highest BCUT2D eigenvalue weighted by atomic mass is 16.2. The van der Waals surface area contributed by atoms with Crippen LogP contribution in [-0.4, -0.2) is 61.0 Å². The van der Waals surface area contributed by atoms with Crippen molar-refractivity contribution < 1.29 is 4.79 Å². The fourth-order valence-electron chi connectivity index (χ4n) is 4.79. The number of likely N-dealkylation sites (tertiary alicyclic amines) is 1. The molecule has 2 aliphatic rings. The Hall–Kier alpha value is -2.90. The highest BCUT2D eigenvalue weighted by molar-refractivity contribution is 5.87. The Morgan fingerprint density at radius 3 is 3.07 bits per heavy atom. The van der Waals surface area contributed by atoms with Gasteiger partial charge in [-0.3, -0.25) is 4.79 Å². The lowest BCUT2D eigenvalue weighted by Crippen LogP contribution is -2.56. The van der Waals surface area contributed by atoms with Crippen molar-refractivity contribution in [2.24, 2.45) is 5.92 Å². The summed E-state index contributed by atoms with van der Waals surface area (Å²) in [4.78, 5) is 33.2. The normalized spacial score (nSPS) is 22.6.